The third-order valence-electron chi connectivity index (χ3n) is 2.19. The van der Waals surface area contributed by atoms with Crippen molar-refractivity contribution in [1.82, 2.24) is 4.90 Å². The number of hydrogen-bond donors (Lipinski definition) is 1. The minimum Gasteiger partial charge on any atom is -0.399 e. The lowest BCUT2D eigenvalue weighted by molar-refractivity contribution is 0.321. The van der Waals surface area contributed by atoms with Crippen molar-refractivity contribution < 1.29 is 0 Å². The zero-order chi connectivity index (χ0) is 9.14. The largest absolute Gasteiger partial charge is 0.399 e. The fraction of sp³-hybridized carbons (Fsp3) is 0.400. The minimum atomic E-state index is 0.450. The van der Waals surface area contributed by atoms with E-state index in [4.69, 9.17) is 5.73 Å². The highest BCUT2D eigenvalue weighted by atomic mass is 15.1. The molecule has 0 aromatic heterocycles. The summed E-state index contributed by atoms with van der Waals surface area (Å²) in [6, 6.07) is 8.47. The Morgan fingerprint density at radius 3 is 2.08 bits per heavy atom. The summed E-state index contributed by atoms with van der Waals surface area (Å²) in [6.07, 6.45) is 0. The molecule has 0 heterocycles. The zero-order valence-electron chi connectivity index (χ0n) is 7.91. The number of benzene rings is 1. The second-order valence-corrected chi connectivity index (χ2v) is 3.31. The maximum Gasteiger partial charge on any atom is 0.0314 e. The fourth-order valence-electron chi connectivity index (χ4n) is 1.07. The smallest absolute Gasteiger partial charge is 0.0314 e. The van der Waals surface area contributed by atoms with Gasteiger partial charge in [-0.25, -0.2) is 0 Å². The Labute approximate surface area is 74.0 Å². The standard InChI is InChI=1S/C10H16N2/c1-8(12(2)3)9-4-6-10(11)7-5-9/h4-8H,11H2,1-3H3/t8-/m1/s1. The Balaban J connectivity index is 2.82. The molecule has 0 saturated heterocycles. The van der Waals surface area contributed by atoms with Gasteiger partial charge >= 0.3 is 0 Å². The number of hydrogen-bond acceptors (Lipinski definition) is 2. The molecule has 0 fully saturated rings. The Hall–Kier alpha value is -1.02. The lowest BCUT2D eigenvalue weighted by atomic mass is 10.1. The van der Waals surface area contributed by atoms with Gasteiger partial charge in [0.15, 0.2) is 0 Å². The third-order valence-corrected chi connectivity index (χ3v) is 2.19. The Morgan fingerprint density at radius 2 is 1.67 bits per heavy atom. The van der Waals surface area contributed by atoms with Crippen molar-refractivity contribution in [2.45, 2.75) is 13.0 Å². The van der Waals surface area contributed by atoms with Crippen molar-refractivity contribution in [2.24, 2.45) is 0 Å². The van der Waals surface area contributed by atoms with Gasteiger partial charge in [0, 0.05) is 11.7 Å². The van der Waals surface area contributed by atoms with Gasteiger partial charge in [0.2, 0.25) is 0 Å². The fourth-order valence-corrected chi connectivity index (χ4v) is 1.07. The van der Waals surface area contributed by atoms with Crippen molar-refractivity contribution in [3.05, 3.63) is 29.8 Å². The van der Waals surface area contributed by atoms with Gasteiger partial charge in [-0.2, -0.15) is 0 Å². The van der Waals surface area contributed by atoms with E-state index in [-0.39, 0.29) is 0 Å². The molecule has 2 nitrogen and oxygen atoms in total. The van der Waals surface area contributed by atoms with Crippen LogP contribution in [0.2, 0.25) is 0 Å². The minimum absolute atomic E-state index is 0.450. The average molecular weight is 164 g/mol. The van der Waals surface area contributed by atoms with Crippen molar-refractivity contribution in [3.63, 3.8) is 0 Å². The molecule has 2 N–H and O–H groups in total. The summed E-state index contributed by atoms with van der Waals surface area (Å²) < 4.78 is 0. The molecule has 0 aliphatic rings. The maximum absolute atomic E-state index is 5.59. The molecular formula is C10H16N2. The van der Waals surface area contributed by atoms with Gasteiger partial charge < -0.3 is 10.6 Å². The quantitative estimate of drug-likeness (QED) is 0.676. The summed E-state index contributed by atoms with van der Waals surface area (Å²) >= 11 is 0. The molecule has 12 heavy (non-hydrogen) atoms. The molecule has 0 unspecified atom stereocenters. The summed E-state index contributed by atoms with van der Waals surface area (Å²) in [6.45, 7) is 2.17. The average Bonchev–Trinajstić information content (AvgIpc) is 2.04. The van der Waals surface area contributed by atoms with Gasteiger partial charge in [-0.05, 0) is 38.7 Å². The SMILES string of the molecule is C[C@H](c1ccc(N)cc1)N(C)C. The van der Waals surface area contributed by atoms with Crippen LogP contribution in [0.3, 0.4) is 0 Å². The van der Waals surface area contributed by atoms with Crippen molar-refractivity contribution in [3.8, 4) is 0 Å². The summed E-state index contributed by atoms with van der Waals surface area (Å²) in [5, 5.41) is 0. The first kappa shape index (κ1) is 9.07. The lowest BCUT2D eigenvalue weighted by Gasteiger charge is -2.19. The van der Waals surface area contributed by atoms with Crippen LogP contribution in [0.25, 0.3) is 0 Å². The topological polar surface area (TPSA) is 29.3 Å². The molecule has 0 bridgehead atoms. The monoisotopic (exact) mass is 164 g/mol. The molecule has 0 saturated carbocycles. The molecule has 0 spiro atoms. The Morgan fingerprint density at radius 1 is 1.17 bits per heavy atom. The zero-order valence-corrected chi connectivity index (χ0v) is 7.91. The number of nitrogens with zero attached hydrogens (tertiary/aromatic N) is 1. The predicted octanol–water partition coefficient (Wildman–Crippen LogP) is 1.89. The van der Waals surface area contributed by atoms with E-state index in [0.29, 0.717) is 6.04 Å². The molecule has 0 aliphatic heterocycles. The predicted molar refractivity (Wildman–Crippen MR) is 53.0 cm³/mol. The number of rotatable bonds is 2. The van der Waals surface area contributed by atoms with Crippen LogP contribution in [-0.2, 0) is 0 Å². The number of nitrogens with two attached hydrogens (primary N) is 1. The maximum atomic E-state index is 5.59. The summed E-state index contributed by atoms with van der Waals surface area (Å²) in [5.41, 5.74) is 7.71. The van der Waals surface area contributed by atoms with Crippen LogP contribution in [0.1, 0.15) is 18.5 Å². The van der Waals surface area contributed by atoms with E-state index in [2.05, 4.69) is 38.1 Å². The van der Waals surface area contributed by atoms with Gasteiger partial charge in [-0.3, -0.25) is 0 Å². The first-order valence-electron chi connectivity index (χ1n) is 4.13. The van der Waals surface area contributed by atoms with Gasteiger partial charge in [0.25, 0.3) is 0 Å². The van der Waals surface area contributed by atoms with Crippen LogP contribution < -0.4 is 5.73 Å². The highest BCUT2D eigenvalue weighted by Gasteiger charge is 2.05. The first-order chi connectivity index (χ1) is 5.61. The summed E-state index contributed by atoms with van der Waals surface area (Å²) in [4.78, 5) is 2.17. The number of anilines is 1. The highest BCUT2D eigenvalue weighted by molar-refractivity contribution is 5.39. The lowest BCUT2D eigenvalue weighted by Crippen LogP contribution is -2.16. The van der Waals surface area contributed by atoms with Crippen molar-refractivity contribution in [2.75, 3.05) is 19.8 Å². The van der Waals surface area contributed by atoms with Crippen LogP contribution in [-0.4, -0.2) is 19.0 Å². The van der Waals surface area contributed by atoms with Crippen LogP contribution in [0, 0.1) is 0 Å². The van der Waals surface area contributed by atoms with E-state index in [1.54, 1.807) is 0 Å². The molecule has 1 atom stereocenters. The van der Waals surface area contributed by atoms with E-state index in [9.17, 15) is 0 Å². The second kappa shape index (κ2) is 3.59. The van der Waals surface area contributed by atoms with E-state index < -0.39 is 0 Å². The van der Waals surface area contributed by atoms with Gasteiger partial charge in [0.1, 0.15) is 0 Å². The Kier molecular flexibility index (Phi) is 2.71. The number of nitrogen functional groups attached to an aromatic ring is 1. The molecule has 0 aliphatic carbocycles. The molecule has 1 aromatic rings. The van der Waals surface area contributed by atoms with E-state index in [1.165, 1.54) is 5.56 Å². The molecule has 2 heteroatoms. The normalized spacial score (nSPS) is 13.3. The first-order valence-corrected chi connectivity index (χ1v) is 4.13. The van der Waals surface area contributed by atoms with Crippen LogP contribution >= 0.6 is 0 Å². The highest BCUT2D eigenvalue weighted by Crippen LogP contribution is 2.17. The van der Waals surface area contributed by atoms with E-state index in [0.717, 1.165) is 5.69 Å². The van der Waals surface area contributed by atoms with Gasteiger partial charge in [-0.1, -0.05) is 12.1 Å². The second-order valence-electron chi connectivity index (χ2n) is 3.31. The molecular weight excluding hydrogens is 148 g/mol. The van der Waals surface area contributed by atoms with E-state index >= 15 is 0 Å². The molecule has 1 aromatic carbocycles. The molecule has 0 radical (unpaired) electrons. The van der Waals surface area contributed by atoms with Crippen LogP contribution in [0.5, 0.6) is 0 Å². The van der Waals surface area contributed by atoms with Gasteiger partial charge in [-0.15, -0.1) is 0 Å². The molecule has 66 valence electrons. The Bertz CT molecular complexity index is 239. The molecule has 1 rings (SSSR count). The van der Waals surface area contributed by atoms with Crippen molar-refractivity contribution >= 4 is 5.69 Å². The van der Waals surface area contributed by atoms with Crippen molar-refractivity contribution in [1.29, 1.82) is 0 Å². The van der Waals surface area contributed by atoms with Gasteiger partial charge in [0.05, 0.1) is 0 Å². The third kappa shape index (κ3) is 1.98. The molecule has 0 amide bonds. The summed E-state index contributed by atoms with van der Waals surface area (Å²) in [7, 11) is 4.14. The van der Waals surface area contributed by atoms with Crippen LogP contribution in [0.15, 0.2) is 24.3 Å². The van der Waals surface area contributed by atoms with E-state index in [1.807, 2.05) is 12.1 Å². The van der Waals surface area contributed by atoms with Crippen LogP contribution in [0.4, 0.5) is 5.69 Å². The summed E-state index contributed by atoms with van der Waals surface area (Å²) in [5.74, 6) is 0.